The lowest BCUT2D eigenvalue weighted by Crippen LogP contribution is -2.26. The molecular formula is C19H24N4O3S. The number of rotatable bonds is 6. The van der Waals surface area contributed by atoms with Gasteiger partial charge in [-0.3, -0.25) is 14.5 Å². The van der Waals surface area contributed by atoms with Gasteiger partial charge >= 0.3 is 5.97 Å². The second-order valence-corrected chi connectivity index (χ2v) is 7.97. The van der Waals surface area contributed by atoms with Crippen molar-refractivity contribution >= 4 is 35.0 Å². The summed E-state index contributed by atoms with van der Waals surface area (Å²) in [6.45, 7) is 3.33. The van der Waals surface area contributed by atoms with Crippen molar-refractivity contribution in [3.05, 3.63) is 35.4 Å². The van der Waals surface area contributed by atoms with Gasteiger partial charge in [-0.15, -0.1) is 5.10 Å². The normalized spacial score (nSPS) is 22.9. The molecule has 144 valence electrons. The van der Waals surface area contributed by atoms with E-state index in [4.69, 9.17) is 5.11 Å². The molecule has 1 atom stereocenters. The first kappa shape index (κ1) is 19.6. The Bertz CT molecular complexity index is 725. The lowest BCUT2D eigenvalue weighted by molar-refractivity contribution is -0.138. The fraction of sp³-hybridized carbons (Fsp3) is 0.474. The Balaban J connectivity index is 1.52. The number of likely N-dealkylation sites (tertiary alicyclic amines) is 1. The van der Waals surface area contributed by atoms with Crippen LogP contribution in [-0.4, -0.2) is 51.6 Å². The Kier molecular flexibility index (Phi) is 7.00. The maximum absolute atomic E-state index is 11.6. The number of thioether (sulfide) groups is 1. The van der Waals surface area contributed by atoms with Crippen molar-refractivity contribution in [1.82, 2.24) is 10.2 Å². The number of carbonyl (C=O) groups excluding carboxylic acids is 1. The van der Waals surface area contributed by atoms with E-state index in [9.17, 15) is 9.59 Å². The van der Waals surface area contributed by atoms with E-state index in [2.05, 4.69) is 32.6 Å². The summed E-state index contributed by atoms with van der Waals surface area (Å²) < 4.78 is 0. The van der Waals surface area contributed by atoms with Crippen molar-refractivity contribution < 1.29 is 14.7 Å². The summed E-state index contributed by atoms with van der Waals surface area (Å²) in [6.07, 6.45) is 6.64. The maximum atomic E-state index is 11.6. The summed E-state index contributed by atoms with van der Waals surface area (Å²) in [5.74, 6) is -1.35. The molecule has 1 aromatic rings. The van der Waals surface area contributed by atoms with Crippen molar-refractivity contribution in [2.24, 2.45) is 10.2 Å². The van der Waals surface area contributed by atoms with Gasteiger partial charge in [0.1, 0.15) is 5.25 Å². The van der Waals surface area contributed by atoms with Crippen molar-refractivity contribution in [2.45, 2.75) is 43.9 Å². The molecule has 7 nitrogen and oxygen atoms in total. The number of amides is 1. The molecule has 1 amide bonds. The van der Waals surface area contributed by atoms with Crippen LogP contribution in [0.5, 0.6) is 0 Å². The van der Waals surface area contributed by atoms with E-state index < -0.39 is 11.2 Å². The van der Waals surface area contributed by atoms with E-state index in [0.29, 0.717) is 5.17 Å². The summed E-state index contributed by atoms with van der Waals surface area (Å²) in [6, 6.07) is 8.22. The highest BCUT2D eigenvalue weighted by Crippen LogP contribution is 2.22. The molecule has 0 spiro atoms. The van der Waals surface area contributed by atoms with E-state index in [0.717, 1.165) is 23.9 Å². The van der Waals surface area contributed by atoms with Crippen LogP contribution in [-0.2, 0) is 16.1 Å². The van der Waals surface area contributed by atoms with Crippen LogP contribution in [0.1, 0.15) is 43.2 Å². The van der Waals surface area contributed by atoms with Crippen molar-refractivity contribution in [3.63, 3.8) is 0 Å². The molecule has 8 heteroatoms. The largest absolute Gasteiger partial charge is 0.481 e. The zero-order valence-electron chi connectivity index (χ0n) is 15.1. The number of nitrogens with one attached hydrogen (secondary N) is 1. The smallest absolute Gasteiger partial charge is 0.305 e. The van der Waals surface area contributed by atoms with E-state index >= 15 is 0 Å². The van der Waals surface area contributed by atoms with Crippen molar-refractivity contribution in [2.75, 3.05) is 13.1 Å². The number of amidine groups is 1. The predicted molar refractivity (Wildman–Crippen MR) is 107 cm³/mol. The Labute approximate surface area is 162 Å². The number of nitrogens with zero attached hydrogens (tertiary/aromatic N) is 3. The standard InChI is InChI=1S/C19H24N4O3S/c24-17(25)11-16-18(26)21-19(27-16)22-20-12-14-5-7-15(8-6-14)13-23-9-3-1-2-4-10-23/h5-8,12,16H,1-4,9-11,13H2,(H,24,25)(H,21,22,26). The molecule has 2 heterocycles. The number of aliphatic carboxylic acids is 1. The quantitative estimate of drug-likeness (QED) is 0.577. The highest BCUT2D eigenvalue weighted by atomic mass is 32.2. The van der Waals surface area contributed by atoms with Crippen LogP contribution < -0.4 is 5.32 Å². The van der Waals surface area contributed by atoms with Gasteiger partial charge in [0.05, 0.1) is 12.6 Å². The molecule has 2 fully saturated rings. The van der Waals surface area contributed by atoms with Gasteiger partial charge < -0.3 is 10.4 Å². The molecule has 0 saturated carbocycles. The minimum atomic E-state index is -1.01. The average molecular weight is 388 g/mol. The van der Waals surface area contributed by atoms with Crippen LogP contribution in [0.25, 0.3) is 0 Å². The molecule has 2 aliphatic heterocycles. The molecule has 0 aromatic heterocycles. The molecule has 1 unspecified atom stereocenters. The number of carbonyl (C=O) groups is 2. The number of carboxylic acids is 1. The predicted octanol–water partition coefficient (Wildman–Crippen LogP) is 2.46. The first-order valence-corrected chi connectivity index (χ1v) is 10.1. The van der Waals surface area contributed by atoms with Gasteiger partial charge in [0.15, 0.2) is 5.17 Å². The second-order valence-electron chi connectivity index (χ2n) is 6.78. The topological polar surface area (TPSA) is 94.4 Å². The van der Waals surface area contributed by atoms with Gasteiger partial charge in [0, 0.05) is 6.54 Å². The zero-order valence-corrected chi connectivity index (χ0v) is 16.0. The first-order valence-electron chi connectivity index (χ1n) is 9.22. The molecule has 0 radical (unpaired) electrons. The Hall–Kier alpha value is -2.19. The molecule has 2 N–H and O–H groups in total. The molecule has 27 heavy (non-hydrogen) atoms. The molecule has 0 bridgehead atoms. The van der Waals surface area contributed by atoms with Crippen LogP contribution in [0.15, 0.2) is 34.5 Å². The third-order valence-electron chi connectivity index (χ3n) is 4.58. The van der Waals surface area contributed by atoms with E-state index in [1.807, 2.05) is 12.1 Å². The van der Waals surface area contributed by atoms with Gasteiger partial charge in [0.25, 0.3) is 0 Å². The van der Waals surface area contributed by atoms with Crippen LogP contribution in [0.4, 0.5) is 0 Å². The summed E-state index contributed by atoms with van der Waals surface area (Å²) in [7, 11) is 0. The summed E-state index contributed by atoms with van der Waals surface area (Å²) in [5, 5.41) is 19.0. The molecular weight excluding hydrogens is 364 g/mol. The van der Waals surface area contributed by atoms with Gasteiger partial charge in [-0.05, 0) is 37.1 Å². The van der Waals surface area contributed by atoms with Crippen LogP contribution >= 0.6 is 11.8 Å². The van der Waals surface area contributed by atoms with Crippen LogP contribution in [0.3, 0.4) is 0 Å². The third-order valence-corrected chi connectivity index (χ3v) is 5.65. The monoisotopic (exact) mass is 388 g/mol. The van der Waals surface area contributed by atoms with Crippen LogP contribution in [0.2, 0.25) is 0 Å². The lowest BCUT2D eigenvalue weighted by Gasteiger charge is -2.19. The summed E-state index contributed by atoms with van der Waals surface area (Å²) >= 11 is 1.10. The van der Waals surface area contributed by atoms with Crippen molar-refractivity contribution in [3.8, 4) is 0 Å². The van der Waals surface area contributed by atoms with Crippen molar-refractivity contribution in [1.29, 1.82) is 0 Å². The summed E-state index contributed by atoms with van der Waals surface area (Å²) in [5.41, 5.74) is 2.21. The molecule has 0 aliphatic carbocycles. The highest BCUT2D eigenvalue weighted by molar-refractivity contribution is 8.15. The molecule has 2 saturated heterocycles. The fourth-order valence-electron chi connectivity index (χ4n) is 3.15. The number of carboxylic acid groups (broad SMARTS) is 1. The minimum Gasteiger partial charge on any atom is -0.481 e. The van der Waals surface area contributed by atoms with Gasteiger partial charge in [0.2, 0.25) is 5.91 Å². The fourth-order valence-corrected chi connectivity index (χ4v) is 4.07. The number of benzene rings is 1. The van der Waals surface area contributed by atoms with Gasteiger partial charge in [-0.1, -0.05) is 48.9 Å². The third kappa shape index (κ3) is 6.18. The van der Waals surface area contributed by atoms with Crippen LogP contribution in [0, 0.1) is 0 Å². The lowest BCUT2D eigenvalue weighted by atomic mass is 10.1. The average Bonchev–Trinajstić information content (AvgIpc) is 2.83. The Morgan fingerprint density at radius 2 is 1.93 bits per heavy atom. The van der Waals surface area contributed by atoms with E-state index in [1.54, 1.807) is 6.21 Å². The van der Waals surface area contributed by atoms with E-state index in [1.165, 1.54) is 44.3 Å². The SMILES string of the molecule is O=C(O)CC1SC(=NN=Cc2ccc(CN3CCCCCC3)cc2)NC1=O. The summed E-state index contributed by atoms with van der Waals surface area (Å²) in [4.78, 5) is 24.9. The Morgan fingerprint density at radius 1 is 1.22 bits per heavy atom. The molecule has 2 aliphatic rings. The molecule has 1 aromatic carbocycles. The van der Waals surface area contributed by atoms with E-state index in [-0.39, 0.29) is 12.3 Å². The number of hydrogen-bond acceptors (Lipinski definition) is 6. The maximum Gasteiger partial charge on any atom is 0.305 e. The number of hydrogen-bond donors (Lipinski definition) is 2. The van der Waals surface area contributed by atoms with Gasteiger partial charge in [-0.25, -0.2) is 0 Å². The van der Waals surface area contributed by atoms with Gasteiger partial charge in [-0.2, -0.15) is 5.10 Å². The Morgan fingerprint density at radius 3 is 2.59 bits per heavy atom. The minimum absolute atomic E-state index is 0.224. The zero-order chi connectivity index (χ0) is 19.1. The second kappa shape index (κ2) is 9.66. The highest BCUT2D eigenvalue weighted by Gasteiger charge is 2.32. The molecule has 3 rings (SSSR count). The first-order chi connectivity index (χ1) is 13.1.